The van der Waals surface area contributed by atoms with Gasteiger partial charge in [0.1, 0.15) is 0 Å². The van der Waals surface area contributed by atoms with Crippen molar-refractivity contribution >= 4 is 23.1 Å². The average Bonchev–Trinajstić information content (AvgIpc) is 2.09. The molecule has 14 heavy (non-hydrogen) atoms. The van der Waals surface area contributed by atoms with E-state index in [9.17, 15) is 0 Å². The molecule has 0 nitrogen and oxygen atoms in total. The summed E-state index contributed by atoms with van der Waals surface area (Å²) in [6.07, 6.45) is 5.68. The van der Waals surface area contributed by atoms with E-state index in [0.29, 0.717) is 0 Å². The smallest absolute Gasteiger partial charge is 1.00 e. The van der Waals surface area contributed by atoms with Crippen LogP contribution in [0.3, 0.4) is 0 Å². The largest absolute Gasteiger partial charge is 2.00 e. The molecule has 0 aliphatic rings. The van der Waals surface area contributed by atoms with Crippen LogP contribution in [0.25, 0.3) is 0 Å². The van der Waals surface area contributed by atoms with E-state index in [1.165, 1.54) is 11.1 Å². The molecule has 0 saturated carbocycles. The fourth-order valence-electron chi connectivity index (χ4n) is 1.20. The molecule has 0 aromatic heterocycles. The third-order valence-electron chi connectivity index (χ3n) is 1.78. The van der Waals surface area contributed by atoms with Gasteiger partial charge in [0, 0.05) is 0 Å². The van der Waals surface area contributed by atoms with Crippen LogP contribution in [0.4, 0.5) is 0 Å². The minimum absolute atomic E-state index is 0. The monoisotopic (exact) mass is 260 g/mol. The molecule has 0 fully saturated rings. The Kier molecular flexibility index (Phi) is 11.1. The molecule has 0 amide bonds. The van der Waals surface area contributed by atoms with Crippen molar-refractivity contribution in [1.29, 1.82) is 0 Å². The maximum Gasteiger partial charge on any atom is 2.00 e. The third kappa shape index (κ3) is 4.98. The van der Waals surface area contributed by atoms with Gasteiger partial charge in [0.2, 0.25) is 0 Å². The molecule has 1 aromatic rings. The first kappa shape index (κ1) is 16.4. The van der Waals surface area contributed by atoms with Crippen LogP contribution in [0.1, 0.15) is 11.1 Å². The first-order valence-corrected chi connectivity index (χ1v) is 4.08. The van der Waals surface area contributed by atoms with Gasteiger partial charge in [-0.15, -0.1) is 18.7 Å². The van der Waals surface area contributed by atoms with Gasteiger partial charge < -0.3 is 17.0 Å². The van der Waals surface area contributed by atoms with E-state index in [-0.39, 0.29) is 40.0 Å². The predicted octanol–water partition coefficient (Wildman–Crippen LogP) is -0.433. The molecule has 0 N–H and O–H groups in total. The van der Waals surface area contributed by atoms with Crippen LogP contribution in [0, 0.1) is 6.07 Å². The SMILES string of the molecule is C=CCc1c[c-]ccc1CC=C.[Br-].[Mg+2]. The molecule has 0 unspecified atom stereocenters. The number of hydrogen-bond acceptors (Lipinski definition) is 0. The Hall–Kier alpha value is -0.0538. The van der Waals surface area contributed by atoms with Crippen LogP contribution in [-0.2, 0) is 12.8 Å². The van der Waals surface area contributed by atoms with Gasteiger partial charge in [0.05, 0.1) is 0 Å². The Morgan fingerprint density at radius 3 is 2.29 bits per heavy atom. The fraction of sp³-hybridized carbons (Fsp3) is 0.167. The summed E-state index contributed by atoms with van der Waals surface area (Å²) in [7, 11) is 0. The molecule has 70 valence electrons. The molecular weight excluding hydrogens is 248 g/mol. The van der Waals surface area contributed by atoms with E-state index in [1.807, 2.05) is 24.3 Å². The molecule has 0 radical (unpaired) electrons. The van der Waals surface area contributed by atoms with Crippen LogP contribution in [0.15, 0.2) is 43.5 Å². The number of hydrogen-bond donors (Lipinski definition) is 0. The first-order valence-electron chi connectivity index (χ1n) is 4.08. The van der Waals surface area contributed by atoms with Gasteiger partial charge in [-0.05, 0) is 6.42 Å². The summed E-state index contributed by atoms with van der Waals surface area (Å²) >= 11 is 0. The Morgan fingerprint density at radius 1 is 1.14 bits per heavy atom. The molecule has 0 saturated heterocycles. The molecule has 0 aliphatic carbocycles. The van der Waals surface area contributed by atoms with Crippen molar-refractivity contribution in [3.8, 4) is 0 Å². The van der Waals surface area contributed by atoms with Gasteiger partial charge in [-0.1, -0.05) is 18.6 Å². The van der Waals surface area contributed by atoms with Crippen LogP contribution < -0.4 is 17.0 Å². The van der Waals surface area contributed by atoms with Crippen molar-refractivity contribution in [2.45, 2.75) is 12.8 Å². The van der Waals surface area contributed by atoms with Gasteiger partial charge in [0.15, 0.2) is 0 Å². The van der Waals surface area contributed by atoms with Gasteiger partial charge in [-0.3, -0.25) is 0 Å². The van der Waals surface area contributed by atoms with Crippen LogP contribution in [-0.4, -0.2) is 23.1 Å². The second-order valence-electron chi connectivity index (χ2n) is 2.68. The summed E-state index contributed by atoms with van der Waals surface area (Å²) in [6, 6.07) is 9.10. The van der Waals surface area contributed by atoms with Gasteiger partial charge in [-0.2, -0.15) is 29.8 Å². The van der Waals surface area contributed by atoms with E-state index in [2.05, 4.69) is 25.3 Å². The molecule has 1 rings (SSSR count). The molecular formula is C12H13BrMg. The van der Waals surface area contributed by atoms with Crippen LogP contribution in [0.2, 0.25) is 0 Å². The zero-order valence-electron chi connectivity index (χ0n) is 8.30. The zero-order chi connectivity index (χ0) is 8.81. The number of benzene rings is 1. The summed E-state index contributed by atoms with van der Waals surface area (Å²) in [5.74, 6) is 0. The number of halogens is 1. The van der Waals surface area contributed by atoms with Gasteiger partial charge in [0.25, 0.3) is 0 Å². The number of rotatable bonds is 4. The minimum atomic E-state index is 0. The summed E-state index contributed by atoms with van der Waals surface area (Å²) in [6.45, 7) is 7.44. The standard InChI is InChI=1S/C12H13.BrH.Mg/c1-3-7-11-9-5-6-10-12(11)8-4-2;;/h3-5,9-10H,1-2,7-8H2;1H;/q-1;;+2/p-1. The molecule has 0 heterocycles. The first-order chi connectivity index (χ1) is 5.88. The Balaban J connectivity index is 0. The average molecular weight is 261 g/mol. The second kappa shape index (κ2) is 9.50. The van der Waals surface area contributed by atoms with Crippen molar-refractivity contribution in [2.24, 2.45) is 0 Å². The van der Waals surface area contributed by atoms with Crippen LogP contribution >= 0.6 is 0 Å². The normalized spacial score (nSPS) is 8.00. The zero-order valence-corrected chi connectivity index (χ0v) is 11.3. The Morgan fingerprint density at radius 2 is 1.71 bits per heavy atom. The van der Waals surface area contributed by atoms with Crippen molar-refractivity contribution in [2.75, 3.05) is 0 Å². The minimum Gasteiger partial charge on any atom is -1.00 e. The molecule has 0 aliphatic heterocycles. The fourth-order valence-corrected chi connectivity index (χ4v) is 1.20. The Bertz CT molecular complexity index is 252. The van der Waals surface area contributed by atoms with Gasteiger partial charge >= 0.3 is 23.1 Å². The third-order valence-corrected chi connectivity index (χ3v) is 1.78. The van der Waals surface area contributed by atoms with Crippen molar-refractivity contribution in [3.63, 3.8) is 0 Å². The summed E-state index contributed by atoms with van der Waals surface area (Å²) in [4.78, 5) is 0. The van der Waals surface area contributed by atoms with E-state index >= 15 is 0 Å². The molecule has 0 spiro atoms. The Labute approximate surface area is 113 Å². The summed E-state index contributed by atoms with van der Waals surface area (Å²) in [5, 5.41) is 0. The second-order valence-corrected chi connectivity index (χ2v) is 2.68. The van der Waals surface area contributed by atoms with E-state index in [0.717, 1.165) is 12.8 Å². The predicted molar refractivity (Wildman–Crippen MR) is 58.8 cm³/mol. The van der Waals surface area contributed by atoms with E-state index in [4.69, 9.17) is 0 Å². The number of allylic oxidation sites excluding steroid dienone is 2. The maximum atomic E-state index is 3.72. The van der Waals surface area contributed by atoms with Crippen molar-refractivity contribution in [1.82, 2.24) is 0 Å². The van der Waals surface area contributed by atoms with Gasteiger partial charge in [-0.25, -0.2) is 0 Å². The summed E-state index contributed by atoms with van der Waals surface area (Å²) < 4.78 is 0. The molecule has 1 aromatic carbocycles. The van der Waals surface area contributed by atoms with E-state index in [1.54, 1.807) is 0 Å². The topological polar surface area (TPSA) is 0 Å². The van der Waals surface area contributed by atoms with Crippen LogP contribution in [0.5, 0.6) is 0 Å². The molecule has 0 atom stereocenters. The maximum absolute atomic E-state index is 3.72. The van der Waals surface area contributed by atoms with Crippen molar-refractivity contribution < 1.29 is 17.0 Å². The van der Waals surface area contributed by atoms with Crippen molar-refractivity contribution in [3.05, 3.63) is 60.7 Å². The van der Waals surface area contributed by atoms with E-state index < -0.39 is 0 Å². The molecule has 0 bridgehead atoms. The molecule has 2 heteroatoms. The quantitative estimate of drug-likeness (QED) is 0.392. The summed E-state index contributed by atoms with van der Waals surface area (Å²) in [5.41, 5.74) is 2.62.